The third-order valence-electron chi connectivity index (χ3n) is 4.71. The highest BCUT2D eigenvalue weighted by molar-refractivity contribution is 7.89. The molecule has 26 heavy (non-hydrogen) atoms. The van der Waals surface area contributed by atoms with Crippen LogP contribution >= 0.6 is 0 Å². The third kappa shape index (κ3) is 4.51. The molecule has 5 nitrogen and oxygen atoms in total. The van der Waals surface area contributed by atoms with Gasteiger partial charge >= 0.3 is 0 Å². The predicted octanol–water partition coefficient (Wildman–Crippen LogP) is 3.41. The van der Waals surface area contributed by atoms with Gasteiger partial charge < -0.3 is 5.11 Å². The summed E-state index contributed by atoms with van der Waals surface area (Å²) in [5.41, 5.74) is 1.66. The Balaban J connectivity index is 1.76. The van der Waals surface area contributed by atoms with E-state index in [0.29, 0.717) is 5.56 Å². The van der Waals surface area contributed by atoms with Crippen molar-refractivity contribution < 1.29 is 13.5 Å². The van der Waals surface area contributed by atoms with Crippen LogP contribution in [-0.4, -0.2) is 31.8 Å². The van der Waals surface area contributed by atoms with E-state index in [9.17, 15) is 13.5 Å². The first-order valence-corrected chi connectivity index (χ1v) is 10.3. The second-order valence-electron chi connectivity index (χ2n) is 6.73. The van der Waals surface area contributed by atoms with Crippen molar-refractivity contribution >= 4 is 16.2 Å². The average molecular weight is 372 g/mol. The molecule has 0 spiro atoms. The molecular formula is C20H24N2O3S. The number of phenols is 1. The fourth-order valence-electron chi connectivity index (χ4n) is 3.18. The molecule has 0 unspecified atom stereocenters. The van der Waals surface area contributed by atoms with Gasteiger partial charge in [-0.15, -0.1) is 0 Å². The molecule has 0 saturated heterocycles. The lowest BCUT2D eigenvalue weighted by molar-refractivity contribution is 0.363. The van der Waals surface area contributed by atoms with Gasteiger partial charge in [-0.05, 0) is 44.0 Å². The Kier molecular flexibility index (Phi) is 5.74. The molecule has 2 aromatic carbocycles. The van der Waals surface area contributed by atoms with E-state index in [1.165, 1.54) is 0 Å². The van der Waals surface area contributed by atoms with E-state index in [-0.39, 0.29) is 22.7 Å². The highest BCUT2D eigenvalue weighted by Gasteiger charge is 2.29. The summed E-state index contributed by atoms with van der Waals surface area (Å²) in [5, 5.41) is 9.86. The minimum Gasteiger partial charge on any atom is -0.507 e. The highest BCUT2D eigenvalue weighted by Crippen LogP contribution is 2.24. The maximum Gasteiger partial charge on any atom is 0.240 e. The Bertz CT molecular complexity index is 876. The fraction of sp³-hybridized carbons (Fsp3) is 0.350. The number of aryl methyl sites for hydroxylation is 1. The van der Waals surface area contributed by atoms with Crippen LogP contribution in [0.3, 0.4) is 0 Å². The normalized spacial score (nSPS) is 21.1. The monoisotopic (exact) mass is 372 g/mol. The summed E-state index contributed by atoms with van der Waals surface area (Å²) in [5.74, 6) is 0.170. The van der Waals surface area contributed by atoms with Crippen LogP contribution in [0.2, 0.25) is 0 Å². The number of para-hydroxylation sites is 1. The van der Waals surface area contributed by atoms with E-state index in [2.05, 4.69) is 9.71 Å². The summed E-state index contributed by atoms with van der Waals surface area (Å²) in [6.45, 7) is 1.93. The van der Waals surface area contributed by atoms with Gasteiger partial charge in [0.25, 0.3) is 0 Å². The molecule has 1 fully saturated rings. The zero-order valence-electron chi connectivity index (χ0n) is 14.8. The van der Waals surface area contributed by atoms with Crippen molar-refractivity contribution in [3.8, 4) is 5.75 Å². The van der Waals surface area contributed by atoms with Gasteiger partial charge in [0, 0.05) is 17.8 Å². The van der Waals surface area contributed by atoms with Gasteiger partial charge in [0.05, 0.1) is 10.9 Å². The topological polar surface area (TPSA) is 78.8 Å². The molecule has 1 aliphatic carbocycles. The minimum absolute atomic E-state index is 0.136. The first-order chi connectivity index (χ1) is 12.5. The molecule has 0 aliphatic heterocycles. The Morgan fingerprint density at radius 2 is 1.77 bits per heavy atom. The van der Waals surface area contributed by atoms with Gasteiger partial charge in [-0.25, -0.2) is 13.1 Å². The Morgan fingerprint density at radius 3 is 2.50 bits per heavy atom. The molecule has 0 radical (unpaired) electrons. The minimum atomic E-state index is -3.57. The number of phenolic OH excluding ortho intramolecular Hbond substituents is 1. The summed E-state index contributed by atoms with van der Waals surface area (Å²) < 4.78 is 28.2. The standard InChI is InChI=1S/C20H24N2O3S/c1-15-10-12-17(13-11-15)26(24,25)22-19-8-4-3-7-18(19)21-14-16-6-2-5-9-20(16)23/h2,5-6,9-14,18-19,22-23H,3-4,7-8H2,1H3/t18-,19-/m0/s1. The van der Waals surface area contributed by atoms with Crippen LogP contribution in [0.15, 0.2) is 58.4 Å². The van der Waals surface area contributed by atoms with Gasteiger partial charge in [-0.3, -0.25) is 4.99 Å². The third-order valence-corrected chi connectivity index (χ3v) is 6.21. The lowest BCUT2D eigenvalue weighted by Crippen LogP contribution is -2.44. The highest BCUT2D eigenvalue weighted by atomic mass is 32.2. The SMILES string of the molecule is Cc1ccc(S(=O)(=O)N[C@H]2CCCC[C@@H]2N=Cc2ccccc2O)cc1. The van der Waals surface area contributed by atoms with E-state index >= 15 is 0 Å². The molecule has 138 valence electrons. The lowest BCUT2D eigenvalue weighted by atomic mass is 9.91. The van der Waals surface area contributed by atoms with Crippen molar-refractivity contribution in [2.24, 2.45) is 4.99 Å². The number of aliphatic imine (C=N–C) groups is 1. The maximum atomic E-state index is 12.7. The first-order valence-electron chi connectivity index (χ1n) is 8.86. The van der Waals surface area contributed by atoms with E-state index in [0.717, 1.165) is 31.2 Å². The predicted molar refractivity (Wildman–Crippen MR) is 103 cm³/mol. The molecule has 0 amide bonds. The zero-order chi connectivity index (χ0) is 18.6. The van der Waals surface area contributed by atoms with Gasteiger partial charge in [0.15, 0.2) is 0 Å². The van der Waals surface area contributed by atoms with Crippen molar-refractivity contribution in [3.63, 3.8) is 0 Å². The van der Waals surface area contributed by atoms with E-state index in [1.807, 2.05) is 13.0 Å². The molecule has 1 aliphatic rings. The van der Waals surface area contributed by atoms with E-state index < -0.39 is 10.0 Å². The van der Waals surface area contributed by atoms with Crippen molar-refractivity contribution in [2.45, 2.75) is 49.6 Å². The average Bonchev–Trinajstić information content (AvgIpc) is 2.62. The number of nitrogens with zero attached hydrogens (tertiary/aromatic N) is 1. The molecular weight excluding hydrogens is 348 g/mol. The number of rotatable bonds is 5. The van der Waals surface area contributed by atoms with Crippen LogP contribution in [-0.2, 0) is 10.0 Å². The van der Waals surface area contributed by atoms with Crippen LogP contribution in [0.25, 0.3) is 0 Å². The number of aromatic hydroxyl groups is 1. The lowest BCUT2D eigenvalue weighted by Gasteiger charge is -2.29. The van der Waals surface area contributed by atoms with Crippen LogP contribution in [0.1, 0.15) is 36.8 Å². The largest absolute Gasteiger partial charge is 0.507 e. The van der Waals surface area contributed by atoms with Crippen molar-refractivity contribution in [1.29, 1.82) is 0 Å². The summed E-state index contributed by atoms with van der Waals surface area (Å²) in [6, 6.07) is 13.5. The van der Waals surface area contributed by atoms with Crippen LogP contribution in [0.5, 0.6) is 5.75 Å². The number of benzene rings is 2. The molecule has 2 N–H and O–H groups in total. The summed E-state index contributed by atoms with van der Waals surface area (Å²) in [7, 11) is -3.57. The van der Waals surface area contributed by atoms with Crippen LogP contribution in [0, 0.1) is 6.92 Å². The number of sulfonamides is 1. The molecule has 0 aromatic heterocycles. The van der Waals surface area contributed by atoms with Crippen molar-refractivity contribution in [1.82, 2.24) is 4.72 Å². The smallest absolute Gasteiger partial charge is 0.240 e. The Morgan fingerprint density at radius 1 is 1.08 bits per heavy atom. The number of nitrogens with one attached hydrogen (secondary N) is 1. The quantitative estimate of drug-likeness (QED) is 0.790. The van der Waals surface area contributed by atoms with Crippen molar-refractivity contribution in [3.05, 3.63) is 59.7 Å². The second-order valence-corrected chi connectivity index (χ2v) is 8.44. The number of hydrogen-bond donors (Lipinski definition) is 2. The van der Waals surface area contributed by atoms with Crippen LogP contribution in [0.4, 0.5) is 0 Å². The molecule has 3 rings (SSSR count). The summed E-state index contributed by atoms with van der Waals surface area (Å²) in [6.07, 6.45) is 5.22. The molecule has 0 heterocycles. The van der Waals surface area contributed by atoms with Crippen LogP contribution < -0.4 is 4.72 Å². The van der Waals surface area contributed by atoms with Gasteiger partial charge in [-0.1, -0.05) is 42.7 Å². The molecule has 2 atom stereocenters. The summed E-state index contributed by atoms with van der Waals surface area (Å²) in [4.78, 5) is 4.85. The Labute approximate surface area is 154 Å². The second kappa shape index (κ2) is 8.01. The van der Waals surface area contributed by atoms with Gasteiger partial charge in [-0.2, -0.15) is 0 Å². The first kappa shape index (κ1) is 18.6. The van der Waals surface area contributed by atoms with Crippen molar-refractivity contribution in [2.75, 3.05) is 0 Å². The number of hydrogen-bond acceptors (Lipinski definition) is 4. The van der Waals surface area contributed by atoms with Gasteiger partial charge in [0.2, 0.25) is 10.0 Å². The molecule has 2 aromatic rings. The molecule has 0 bridgehead atoms. The molecule has 6 heteroatoms. The fourth-order valence-corrected chi connectivity index (χ4v) is 4.49. The summed E-state index contributed by atoms with van der Waals surface area (Å²) >= 11 is 0. The maximum absolute atomic E-state index is 12.7. The van der Waals surface area contributed by atoms with Gasteiger partial charge in [0.1, 0.15) is 5.75 Å². The molecule has 1 saturated carbocycles. The van der Waals surface area contributed by atoms with E-state index in [4.69, 9.17) is 0 Å². The van der Waals surface area contributed by atoms with E-state index in [1.54, 1.807) is 48.7 Å². The zero-order valence-corrected chi connectivity index (χ0v) is 15.6. The Hall–Kier alpha value is -2.18.